The first-order valence-electron chi connectivity index (χ1n) is 7.18. The summed E-state index contributed by atoms with van der Waals surface area (Å²) in [7, 11) is 0. The molecule has 0 aliphatic heterocycles. The highest BCUT2D eigenvalue weighted by Crippen LogP contribution is 2.14. The average Bonchev–Trinajstić information content (AvgIpc) is 2.90. The molecule has 0 spiro atoms. The molecule has 21 heavy (non-hydrogen) atoms. The summed E-state index contributed by atoms with van der Waals surface area (Å²) in [6.45, 7) is 3.69. The van der Waals surface area contributed by atoms with E-state index in [9.17, 15) is 0 Å². The van der Waals surface area contributed by atoms with Crippen molar-refractivity contribution in [2.45, 2.75) is 20.0 Å². The molecule has 3 heteroatoms. The predicted molar refractivity (Wildman–Crippen MR) is 85.3 cm³/mol. The maximum atomic E-state index is 4.44. The highest BCUT2D eigenvalue weighted by atomic mass is 15.1. The van der Waals surface area contributed by atoms with Crippen LogP contribution < -0.4 is 5.32 Å². The SMILES string of the molecule is Cc1ncc(CNCc2ccccc2)n1-c1ccccc1. The Bertz CT molecular complexity index is 687. The van der Waals surface area contributed by atoms with Gasteiger partial charge in [0.1, 0.15) is 5.82 Å². The van der Waals surface area contributed by atoms with E-state index in [4.69, 9.17) is 0 Å². The molecule has 2 aromatic carbocycles. The van der Waals surface area contributed by atoms with Gasteiger partial charge in [-0.05, 0) is 24.6 Å². The van der Waals surface area contributed by atoms with Crippen LogP contribution in [0.5, 0.6) is 0 Å². The summed E-state index contributed by atoms with van der Waals surface area (Å²) in [5.74, 6) is 1.01. The number of para-hydroxylation sites is 1. The Morgan fingerprint density at radius 2 is 1.57 bits per heavy atom. The number of hydrogen-bond donors (Lipinski definition) is 1. The number of hydrogen-bond acceptors (Lipinski definition) is 2. The summed E-state index contributed by atoms with van der Waals surface area (Å²) < 4.78 is 2.19. The summed E-state index contributed by atoms with van der Waals surface area (Å²) >= 11 is 0. The molecule has 3 aromatic rings. The Balaban J connectivity index is 1.72. The van der Waals surface area contributed by atoms with Crippen LogP contribution >= 0.6 is 0 Å². The fourth-order valence-corrected chi connectivity index (χ4v) is 2.48. The van der Waals surface area contributed by atoms with Crippen LogP contribution in [-0.2, 0) is 13.1 Å². The van der Waals surface area contributed by atoms with E-state index in [2.05, 4.69) is 63.4 Å². The second kappa shape index (κ2) is 6.37. The highest BCUT2D eigenvalue weighted by Gasteiger charge is 2.07. The summed E-state index contributed by atoms with van der Waals surface area (Å²) in [6, 6.07) is 20.8. The molecule has 0 fully saturated rings. The lowest BCUT2D eigenvalue weighted by molar-refractivity contribution is 0.667. The van der Waals surface area contributed by atoms with Crippen molar-refractivity contribution in [1.29, 1.82) is 0 Å². The molecule has 0 saturated heterocycles. The van der Waals surface area contributed by atoms with Crippen molar-refractivity contribution in [3.63, 3.8) is 0 Å². The van der Waals surface area contributed by atoms with Gasteiger partial charge >= 0.3 is 0 Å². The zero-order valence-corrected chi connectivity index (χ0v) is 12.2. The predicted octanol–water partition coefficient (Wildman–Crippen LogP) is 3.47. The van der Waals surface area contributed by atoms with E-state index in [0.29, 0.717) is 0 Å². The smallest absolute Gasteiger partial charge is 0.110 e. The summed E-state index contributed by atoms with van der Waals surface area (Å²) in [4.78, 5) is 4.44. The Morgan fingerprint density at radius 1 is 0.905 bits per heavy atom. The first kappa shape index (κ1) is 13.6. The summed E-state index contributed by atoms with van der Waals surface area (Å²) in [5.41, 5.74) is 3.62. The van der Waals surface area contributed by atoms with Crippen LogP contribution in [0, 0.1) is 6.92 Å². The number of rotatable bonds is 5. The topological polar surface area (TPSA) is 29.9 Å². The van der Waals surface area contributed by atoms with E-state index in [-0.39, 0.29) is 0 Å². The van der Waals surface area contributed by atoms with Crippen molar-refractivity contribution >= 4 is 0 Å². The van der Waals surface area contributed by atoms with Gasteiger partial charge in [0.15, 0.2) is 0 Å². The van der Waals surface area contributed by atoms with Gasteiger partial charge < -0.3 is 5.32 Å². The molecule has 1 N–H and O–H groups in total. The maximum Gasteiger partial charge on any atom is 0.110 e. The van der Waals surface area contributed by atoms with Crippen LogP contribution in [0.3, 0.4) is 0 Å². The largest absolute Gasteiger partial charge is 0.307 e. The monoisotopic (exact) mass is 277 g/mol. The maximum absolute atomic E-state index is 4.44. The Kier molecular flexibility index (Phi) is 4.12. The van der Waals surface area contributed by atoms with Crippen molar-refractivity contribution in [3.05, 3.63) is 83.9 Å². The number of nitrogens with one attached hydrogen (secondary N) is 1. The van der Waals surface area contributed by atoms with Gasteiger partial charge in [-0.2, -0.15) is 0 Å². The lowest BCUT2D eigenvalue weighted by Crippen LogP contribution is -2.15. The van der Waals surface area contributed by atoms with E-state index in [0.717, 1.165) is 24.6 Å². The average molecular weight is 277 g/mol. The molecule has 3 nitrogen and oxygen atoms in total. The summed E-state index contributed by atoms with van der Waals surface area (Å²) in [5, 5.41) is 3.48. The van der Waals surface area contributed by atoms with Crippen LogP contribution in [0.25, 0.3) is 5.69 Å². The quantitative estimate of drug-likeness (QED) is 0.774. The van der Waals surface area contributed by atoms with Gasteiger partial charge in [-0.15, -0.1) is 0 Å². The van der Waals surface area contributed by atoms with Crippen molar-refractivity contribution in [2.75, 3.05) is 0 Å². The normalized spacial score (nSPS) is 10.7. The van der Waals surface area contributed by atoms with Crippen LogP contribution in [0.2, 0.25) is 0 Å². The Hall–Kier alpha value is -2.39. The first-order chi connectivity index (χ1) is 10.3. The van der Waals surface area contributed by atoms with Crippen molar-refractivity contribution < 1.29 is 0 Å². The third kappa shape index (κ3) is 3.20. The van der Waals surface area contributed by atoms with Crippen LogP contribution in [0.15, 0.2) is 66.9 Å². The third-order valence-electron chi connectivity index (χ3n) is 3.50. The number of aryl methyl sites for hydroxylation is 1. The molecular weight excluding hydrogens is 258 g/mol. The number of imidazole rings is 1. The molecule has 0 bridgehead atoms. The lowest BCUT2D eigenvalue weighted by Gasteiger charge is -2.11. The molecule has 0 atom stereocenters. The van der Waals surface area contributed by atoms with Gasteiger partial charge in [-0.25, -0.2) is 4.98 Å². The number of nitrogens with zero attached hydrogens (tertiary/aromatic N) is 2. The van der Waals surface area contributed by atoms with Crippen LogP contribution in [-0.4, -0.2) is 9.55 Å². The summed E-state index contributed by atoms with van der Waals surface area (Å²) in [6.07, 6.45) is 1.94. The second-order valence-corrected chi connectivity index (χ2v) is 5.06. The minimum atomic E-state index is 0.796. The second-order valence-electron chi connectivity index (χ2n) is 5.06. The zero-order valence-electron chi connectivity index (χ0n) is 12.2. The fourth-order valence-electron chi connectivity index (χ4n) is 2.48. The molecular formula is C18H19N3. The van der Waals surface area contributed by atoms with Gasteiger partial charge in [-0.3, -0.25) is 4.57 Å². The van der Waals surface area contributed by atoms with E-state index >= 15 is 0 Å². The minimum absolute atomic E-state index is 0.796. The molecule has 106 valence electrons. The standard InChI is InChI=1S/C18H19N3/c1-15-20-14-18(21(15)17-10-6-3-7-11-17)13-19-12-16-8-4-2-5-9-16/h2-11,14,19H,12-13H2,1H3. The molecule has 0 saturated carbocycles. The minimum Gasteiger partial charge on any atom is -0.307 e. The lowest BCUT2D eigenvalue weighted by atomic mass is 10.2. The van der Waals surface area contributed by atoms with Gasteiger partial charge in [0.25, 0.3) is 0 Å². The van der Waals surface area contributed by atoms with Gasteiger partial charge in [-0.1, -0.05) is 48.5 Å². The zero-order chi connectivity index (χ0) is 14.5. The molecule has 0 unspecified atom stereocenters. The van der Waals surface area contributed by atoms with E-state index in [1.54, 1.807) is 0 Å². The molecule has 3 rings (SSSR count). The number of aromatic nitrogens is 2. The molecule has 1 aromatic heterocycles. The third-order valence-corrected chi connectivity index (χ3v) is 3.50. The molecule has 0 aliphatic carbocycles. The van der Waals surface area contributed by atoms with Crippen molar-refractivity contribution in [1.82, 2.24) is 14.9 Å². The Labute approximate surface area is 125 Å². The molecule has 0 amide bonds. The highest BCUT2D eigenvalue weighted by molar-refractivity contribution is 5.35. The van der Waals surface area contributed by atoms with E-state index in [1.807, 2.05) is 25.3 Å². The van der Waals surface area contributed by atoms with Crippen molar-refractivity contribution in [2.24, 2.45) is 0 Å². The number of benzene rings is 2. The fraction of sp³-hybridized carbons (Fsp3) is 0.167. The van der Waals surface area contributed by atoms with Gasteiger partial charge in [0, 0.05) is 18.8 Å². The van der Waals surface area contributed by atoms with E-state index in [1.165, 1.54) is 11.3 Å². The molecule has 0 aliphatic rings. The molecule has 0 radical (unpaired) electrons. The van der Waals surface area contributed by atoms with Crippen LogP contribution in [0.1, 0.15) is 17.1 Å². The first-order valence-corrected chi connectivity index (χ1v) is 7.18. The Morgan fingerprint density at radius 3 is 2.29 bits per heavy atom. The van der Waals surface area contributed by atoms with Gasteiger partial charge in [0.05, 0.1) is 11.9 Å². The van der Waals surface area contributed by atoms with E-state index < -0.39 is 0 Å². The molecule has 1 heterocycles. The van der Waals surface area contributed by atoms with Gasteiger partial charge in [0.2, 0.25) is 0 Å². The van der Waals surface area contributed by atoms with Crippen molar-refractivity contribution in [3.8, 4) is 5.69 Å². The van der Waals surface area contributed by atoms with Crippen LogP contribution in [0.4, 0.5) is 0 Å².